The molecule has 0 spiro atoms. The Morgan fingerprint density at radius 1 is 1.20 bits per heavy atom. The first-order valence-corrected chi connectivity index (χ1v) is 5.64. The van der Waals surface area contributed by atoms with Crippen LogP contribution in [0.25, 0.3) is 11.1 Å². The molecule has 0 bridgehead atoms. The fourth-order valence-corrected chi connectivity index (χ4v) is 1.41. The van der Waals surface area contributed by atoms with Gasteiger partial charge in [0.2, 0.25) is 0 Å². The minimum atomic E-state index is -1.01. The van der Waals surface area contributed by atoms with Crippen LogP contribution in [0.5, 0.6) is 0 Å². The number of aromatic nitrogens is 1. The molecule has 0 radical (unpaired) electrons. The van der Waals surface area contributed by atoms with Gasteiger partial charge in [-0.3, -0.25) is 4.98 Å². The predicted octanol–water partition coefficient (Wildman–Crippen LogP) is 3.14. The second-order valence-electron chi connectivity index (χ2n) is 3.73. The van der Waals surface area contributed by atoms with Crippen LogP contribution in [0.2, 0.25) is 0 Å². The molecule has 6 nitrogen and oxygen atoms in total. The normalized spacial score (nSPS) is 10.2. The Balaban J connectivity index is 2.20. The summed E-state index contributed by atoms with van der Waals surface area (Å²) in [7, 11) is 0. The first kappa shape index (κ1) is 13.3. The second kappa shape index (κ2) is 6.17. The van der Waals surface area contributed by atoms with Gasteiger partial charge in [-0.15, -0.1) is 10.2 Å². The minimum absolute atomic E-state index is 0.0907. The molecular formula is C14H9N4O2-. The van der Waals surface area contributed by atoms with E-state index in [4.69, 9.17) is 10.5 Å². The maximum Gasteiger partial charge on any atom is 0.335 e. The average molecular weight is 265 g/mol. The molecule has 6 heteroatoms. The molecule has 1 heterocycles. The van der Waals surface area contributed by atoms with Crippen LogP contribution in [0.15, 0.2) is 58.9 Å². The Morgan fingerprint density at radius 2 is 1.95 bits per heavy atom. The molecule has 0 aliphatic carbocycles. The van der Waals surface area contributed by atoms with Crippen molar-refractivity contribution < 1.29 is 9.90 Å². The number of aromatic carboxylic acids is 1. The van der Waals surface area contributed by atoms with E-state index in [1.807, 2.05) is 5.87 Å². The molecule has 20 heavy (non-hydrogen) atoms. The van der Waals surface area contributed by atoms with Gasteiger partial charge in [0.05, 0.1) is 16.9 Å². The molecule has 0 saturated heterocycles. The first-order chi connectivity index (χ1) is 9.70. The molecule has 0 unspecified atom stereocenters. The molecule has 0 atom stereocenters. The second-order valence-corrected chi connectivity index (χ2v) is 3.73. The van der Waals surface area contributed by atoms with E-state index in [0.29, 0.717) is 11.4 Å². The zero-order valence-electron chi connectivity index (χ0n) is 10.3. The number of azo groups is 1. The zero-order valence-corrected chi connectivity index (χ0v) is 10.3. The predicted molar refractivity (Wildman–Crippen MR) is 73.9 cm³/mol. The third kappa shape index (κ3) is 3.22. The van der Waals surface area contributed by atoms with Crippen LogP contribution in [0.3, 0.4) is 0 Å². The van der Waals surface area contributed by atoms with E-state index in [0.717, 1.165) is 0 Å². The minimum Gasteiger partial charge on any atom is -0.761 e. The highest BCUT2D eigenvalue weighted by molar-refractivity contribution is 5.89. The molecule has 0 aliphatic heterocycles. The Morgan fingerprint density at radius 3 is 2.50 bits per heavy atom. The molecule has 2 aromatic rings. The van der Waals surface area contributed by atoms with E-state index < -0.39 is 5.97 Å². The van der Waals surface area contributed by atoms with Crippen molar-refractivity contribution in [2.24, 2.45) is 10.2 Å². The monoisotopic (exact) mass is 265 g/mol. The van der Waals surface area contributed by atoms with E-state index >= 15 is 0 Å². The molecule has 2 rings (SSSR count). The summed E-state index contributed by atoms with van der Waals surface area (Å²) in [6.45, 7) is 0. The number of hydrogen-bond acceptors (Lipinski definition) is 4. The Bertz CT molecular complexity index is 687. The smallest absolute Gasteiger partial charge is 0.335 e. The van der Waals surface area contributed by atoms with Crippen LogP contribution < -0.4 is 0 Å². The third-order valence-corrected chi connectivity index (χ3v) is 2.39. The summed E-state index contributed by atoms with van der Waals surface area (Å²) in [4.78, 5) is 14.7. The molecule has 0 fully saturated rings. The van der Waals surface area contributed by atoms with Gasteiger partial charge in [0.15, 0.2) is 0 Å². The topological polar surface area (TPSA) is 97.2 Å². The number of rotatable bonds is 4. The molecule has 98 valence electrons. The van der Waals surface area contributed by atoms with Crippen molar-refractivity contribution in [2.75, 3.05) is 0 Å². The molecular weight excluding hydrogens is 256 g/mol. The van der Waals surface area contributed by atoms with Crippen LogP contribution in [-0.4, -0.2) is 21.9 Å². The summed E-state index contributed by atoms with van der Waals surface area (Å²) in [6, 6.07) is 11.0. The lowest BCUT2D eigenvalue weighted by Gasteiger charge is -1.98. The van der Waals surface area contributed by atoms with Gasteiger partial charge in [-0.05, 0) is 36.4 Å². The summed E-state index contributed by atoms with van der Waals surface area (Å²) < 4.78 is 0. The number of carboxylic acids is 1. The SMILES string of the molecule is [N-]=C=C(N=Nc1ccc(C(=O)O)cc1)c1ccccn1. The largest absolute Gasteiger partial charge is 0.761 e. The summed E-state index contributed by atoms with van der Waals surface area (Å²) in [6.07, 6.45) is 1.56. The summed E-state index contributed by atoms with van der Waals surface area (Å²) in [5.41, 5.74) is 1.14. The van der Waals surface area contributed by atoms with Crippen molar-refractivity contribution in [3.05, 3.63) is 65.3 Å². The van der Waals surface area contributed by atoms with Gasteiger partial charge >= 0.3 is 5.97 Å². The van der Waals surface area contributed by atoms with Gasteiger partial charge in [-0.1, -0.05) is 6.07 Å². The number of nitrogens with zero attached hydrogens (tertiary/aromatic N) is 4. The van der Waals surface area contributed by atoms with Crippen molar-refractivity contribution in [3.8, 4) is 0 Å². The summed E-state index contributed by atoms with van der Waals surface area (Å²) in [5, 5.41) is 25.5. The maximum atomic E-state index is 10.7. The van der Waals surface area contributed by atoms with Gasteiger partial charge in [-0.25, -0.2) is 10.7 Å². The molecule has 0 amide bonds. The number of pyridine rings is 1. The lowest BCUT2D eigenvalue weighted by molar-refractivity contribution is 0.0697. The quantitative estimate of drug-likeness (QED) is 0.679. The highest BCUT2D eigenvalue weighted by Crippen LogP contribution is 2.17. The Hall–Kier alpha value is -3.11. The van der Waals surface area contributed by atoms with Gasteiger partial charge in [0.25, 0.3) is 0 Å². The van der Waals surface area contributed by atoms with Gasteiger partial charge in [0.1, 0.15) is 5.70 Å². The number of carbonyl (C=O) groups is 1. The molecule has 0 aliphatic rings. The van der Waals surface area contributed by atoms with Crippen molar-refractivity contribution in [1.29, 1.82) is 0 Å². The third-order valence-electron chi connectivity index (χ3n) is 2.39. The van der Waals surface area contributed by atoms with Crippen LogP contribution in [0.4, 0.5) is 5.69 Å². The van der Waals surface area contributed by atoms with Gasteiger partial charge < -0.3 is 10.5 Å². The standard InChI is InChI=1S/C14H9N4O2/c15-9-13(12-3-1-2-8-16-12)18-17-11-6-4-10(5-7-11)14(19)20/h1-8H,(H,19,20)/q-1. The van der Waals surface area contributed by atoms with Crippen molar-refractivity contribution in [3.63, 3.8) is 0 Å². The molecule has 1 aromatic carbocycles. The fourth-order valence-electron chi connectivity index (χ4n) is 1.41. The van der Waals surface area contributed by atoms with Crippen LogP contribution >= 0.6 is 0 Å². The summed E-state index contributed by atoms with van der Waals surface area (Å²) >= 11 is 0. The van der Waals surface area contributed by atoms with Crippen LogP contribution in [0, 0.1) is 0 Å². The summed E-state index contributed by atoms with van der Waals surface area (Å²) in [5.74, 6) is 0.910. The van der Waals surface area contributed by atoms with Gasteiger partial charge in [-0.2, -0.15) is 0 Å². The van der Waals surface area contributed by atoms with E-state index in [-0.39, 0.29) is 11.3 Å². The van der Waals surface area contributed by atoms with Crippen molar-refractivity contribution in [1.82, 2.24) is 4.98 Å². The number of carboxylic acid groups (broad SMARTS) is 1. The van der Waals surface area contributed by atoms with E-state index in [9.17, 15) is 4.79 Å². The average Bonchev–Trinajstić information content (AvgIpc) is 2.49. The highest BCUT2D eigenvalue weighted by atomic mass is 16.4. The van der Waals surface area contributed by atoms with Crippen LogP contribution in [0.1, 0.15) is 16.1 Å². The Labute approximate surface area is 114 Å². The van der Waals surface area contributed by atoms with Crippen molar-refractivity contribution in [2.45, 2.75) is 0 Å². The lowest BCUT2D eigenvalue weighted by Crippen LogP contribution is -1.94. The zero-order chi connectivity index (χ0) is 14.4. The highest BCUT2D eigenvalue weighted by Gasteiger charge is 2.01. The van der Waals surface area contributed by atoms with Gasteiger partial charge in [0, 0.05) is 6.20 Å². The Kier molecular flexibility index (Phi) is 4.11. The fraction of sp³-hybridized carbons (Fsp3) is 0. The van der Waals surface area contributed by atoms with Crippen molar-refractivity contribution >= 4 is 23.2 Å². The number of hydrogen-bond donors (Lipinski definition) is 1. The maximum absolute atomic E-state index is 10.7. The van der Waals surface area contributed by atoms with E-state index in [1.54, 1.807) is 24.4 Å². The molecule has 1 aromatic heterocycles. The van der Waals surface area contributed by atoms with E-state index in [1.165, 1.54) is 24.3 Å². The first-order valence-electron chi connectivity index (χ1n) is 5.64. The van der Waals surface area contributed by atoms with E-state index in [2.05, 4.69) is 15.2 Å². The molecule has 1 N–H and O–H groups in total. The van der Waals surface area contributed by atoms with Crippen LogP contribution in [-0.2, 0) is 0 Å². The number of benzene rings is 1. The molecule has 0 saturated carbocycles. The lowest BCUT2D eigenvalue weighted by atomic mass is 10.2.